The minimum Gasteiger partial charge on any atom is -0.478 e. The Kier molecular flexibility index (Phi) is 7.15. The first-order chi connectivity index (χ1) is 19.8. The highest BCUT2D eigenvalue weighted by Crippen LogP contribution is 2.27. The number of halogens is 3. The van der Waals surface area contributed by atoms with Gasteiger partial charge in [-0.25, -0.2) is 27.9 Å². The van der Waals surface area contributed by atoms with Crippen molar-refractivity contribution >= 4 is 17.0 Å². The van der Waals surface area contributed by atoms with Crippen molar-refractivity contribution in [1.82, 2.24) is 14.5 Å². The predicted octanol–water partition coefficient (Wildman–Crippen LogP) is 6.17. The molecule has 1 aliphatic rings. The van der Waals surface area contributed by atoms with E-state index < -0.39 is 23.4 Å². The standard InChI is InChI=1S/C31H24F3N3O4/c32-22-8-6-21(25(34)15-22)17-41-30-3-1-2-26(36-30)19-5-4-18(24(33)12-19)14-29-35-27-9-7-20(31(38)39)13-28(27)37(29)16-23-10-11-40-23/h1-9,12-13,15,23H,10-11,14,16-17H2,(H,38,39). The number of rotatable bonds is 9. The van der Waals surface area contributed by atoms with Crippen LogP contribution in [0.2, 0.25) is 0 Å². The van der Waals surface area contributed by atoms with Crippen molar-refractivity contribution in [3.8, 4) is 17.1 Å². The van der Waals surface area contributed by atoms with Crippen molar-refractivity contribution < 1.29 is 32.5 Å². The molecule has 0 saturated carbocycles. The topological polar surface area (TPSA) is 86.5 Å². The third-order valence-corrected chi connectivity index (χ3v) is 7.07. The zero-order valence-corrected chi connectivity index (χ0v) is 21.7. The monoisotopic (exact) mass is 559 g/mol. The van der Waals surface area contributed by atoms with E-state index in [1.807, 2.05) is 4.57 Å². The second kappa shape index (κ2) is 11.1. The number of aromatic nitrogens is 3. The molecule has 41 heavy (non-hydrogen) atoms. The van der Waals surface area contributed by atoms with Crippen LogP contribution in [0.15, 0.2) is 72.8 Å². The molecular formula is C31H24F3N3O4. The number of ether oxygens (including phenoxy) is 2. The molecule has 0 amide bonds. The zero-order valence-electron chi connectivity index (χ0n) is 21.7. The fraction of sp³-hybridized carbons (Fsp3) is 0.194. The Hall–Kier alpha value is -4.70. The quantitative estimate of drug-likeness (QED) is 0.232. The molecule has 0 spiro atoms. The number of carbonyl (C=O) groups is 1. The molecule has 0 radical (unpaired) electrons. The lowest BCUT2D eigenvalue weighted by Crippen LogP contribution is -2.31. The van der Waals surface area contributed by atoms with E-state index in [1.54, 1.807) is 42.5 Å². The summed E-state index contributed by atoms with van der Waals surface area (Å²) in [6.07, 6.45) is 1.07. The largest absolute Gasteiger partial charge is 0.478 e. The summed E-state index contributed by atoms with van der Waals surface area (Å²) in [5.41, 5.74) is 3.02. The highest BCUT2D eigenvalue weighted by atomic mass is 19.1. The third-order valence-electron chi connectivity index (χ3n) is 7.07. The summed E-state index contributed by atoms with van der Waals surface area (Å²) in [5, 5.41) is 9.45. The molecule has 1 saturated heterocycles. The van der Waals surface area contributed by atoms with Gasteiger partial charge in [-0.15, -0.1) is 0 Å². The number of aromatic carboxylic acids is 1. The van der Waals surface area contributed by atoms with Gasteiger partial charge >= 0.3 is 5.97 Å². The summed E-state index contributed by atoms with van der Waals surface area (Å²) in [6, 6.07) is 17.8. The summed E-state index contributed by atoms with van der Waals surface area (Å²) < 4.78 is 55.6. The second-order valence-corrected chi connectivity index (χ2v) is 9.80. The molecule has 7 nitrogen and oxygen atoms in total. The highest BCUT2D eigenvalue weighted by Gasteiger charge is 2.23. The van der Waals surface area contributed by atoms with Crippen LogP contribution in [-0.4, -0.2) is 38.3 Å². The second-order valence-electron chi connectivity index (χ2n) is 9.80. The molecule has 3 aromatic carbocycles. The lowest BCUT2D eigenvalue weighted by Gasteiger charge is -2.27. The molecule has 1 fully saturated rings. The van der Waals surface area contributed by atoms with E-state index in [9.17, 15) is 18.7 Å². The molecule has 0 aliphatic carbocycles. The van der Waals surface area contributed by atoms with Crippen LogP contribution in [0.5, 0.6) is 5.88 Å². The summed E-state index contributed by atoms with van der Waals surface area (Å²) in [4.78, 5) is 20.6. The molecule has 5 aromatic rings. The predicted molar refractivity (Wildman–Crippen MR) is 144 cm³/mol. The van der Waals surface area contributed by atoms with E-state index in [4.69, 9.17) is 9.47 Å². The number of nitrogens with zero attached hydrogens (tertiary/aromatic N) is 3. The highest BCUT2D eigenvalue weighted by molar-refractivity contribution is 5.92. The summed E-state index contributed by atoms with van der Waals surface area (Å²) in [5.74, 6) is -2.06. The molecule has 0 bridgehead atoms. The summed E-state index contributed by atoms with van der Waals surface area (Å²) >= 11 is 0. The first-order valence-corrected chi connectivity index (χ1v) is 13.0. The molecule has 1 atom stereocenters. The molecule has 1 aliphatic heterocycles. The van der Waals surface area contributed by atoms with Crippen molar-refractivity contribution in [2.45, 2.75) is 32.1 Å². The van der Waals surface area contributed by atoms with E-state index in [1.165, 1.54) is 18.2 Å². The van der Waals surface area contributed by atoms with Gasteiger partial charge in [-0.2, -0.15) is 0 Å². The maximum absolute atomic E-state index is 15.4. The van der Waals surface area contributed by atoms with Crippen LogP contribution < -0.4 is 4.74 Å². The number of benzene rings is 3. The molecular weight excluding hydrogens is 535 g/mol. The number of imidazole rings is 1. The van der Waals surface area contributed by atoms with Gasteiger partial charge < -0.3 is 19.1 Å². The Morgan fingerprint density at radius 3 is 2.51 bits per heavy atom. The van der Waals surface area contributed by atoms with E-state index >= 15 is 4.39 Å². The summed E-state index contributed by atoms with van der Waals surface area (Å²) in [6.45, 7) is 1.02. The molecule has 3 heterocycles. The third kappa shape index (κ3) is 5.64. The molecule has 10 heteroatoms. The molecule has 2 aromatic heterocycles. The Morgan fingerprint density at radius 1 is 0.976 bits per heavy atom. The van der Waals surface area contributed by atoms with Crippen LogP contribution in [-0.2, 0) is 24.3 Å². The SMILES string of the molecule is O=C(O)c1ccc2nc(Cc3ccc(-c4cccc(OCc5ccc(F)cc5F)n4)cc3F)n(CC3CCO3)c2c1. The van der Waals surface area contributed by atoms with Gasteiger partial charge in [-0.05, 0) is 54.4 Å². The van der Waals surface area contributed by atoms with E-state index in [0.29, 0.717) is 46.8 Å². The van der Waals surface area contributed by atoms with Crippen molar-refractivity contribution in [3.63, 3.8) is 0 Å². The first kappa shape index (κ1) is 26.5. The normalized spacial score (nSPS) is 14.7. The zero-order chi connectivity index (χ0) is 28.5. The van der Waals surface area contributed by atoms with Gasteiger partial charge in [0, 0.05) is 36.3 Å². The van der Waals surface area contributed by atoms with Gasteiger partial charge in [-0.3, -0.25) is 0 Å². The maximum atomic E-state index is 15.4. The minimum atomic E-state index is -1.03. The smallest absolute Gasteiger partial charge is 0.335 e. The number of carboxylic acids is 1. The molecule has 208 valence electrons. The minimum absolute atomic E-state index is 0.00743. The number of hydrogen-bond donors (Lipinski definition) is 1. The molecule has 1 N–H and O–H groups in total. The van der Waals surface area contributed by atoms with Crippen molar-refractivity contribution in [2.24, 2.45) is 0 Å². The van der Waals surface area contributed by atoms with Crippen LogP contribution in [0.1, 0.15) is 33.7 Å². The Balaban J connectivity index is 1.24. The Bertz CT molecular complexity index is 1770. The molecule has 1 unspecified atom stereocenters. The fourth-order valence-electron chi connectivity index (χ4n) is 4.74. The van der Waals surface area contributed by atoms with Crippen LogP contribution in [0.3, 0.4) is 0 Å². The van der Waals surface area contributed by atoms with Crippen LogP contribution in [0, 0.1) is 17.5 Å². The Morgan fingerprint density at radius 2 is 1.78 bits per heavy atom. The number of hydrogen-bond acceptors (Lipinski definition) is 5. The van der Waals surface area contributed by atoms with Gasteiger partial charge in [0.1, 0.15) is 29.9 Å². The van der Waals surface area contributed by atoms with Crippen molar-refractivity contribution in [1.29, 1.82) is 0 Å². The van der Waals surface area contributed by atoms with E-state index in [0.717, 1.165) is 18.6 Å². The van der Waals surface area contributed by atoms with Gasteiger partial charge in [0.2, 0.25) is 5.88 Å². The number of fused-ring (bicyclic) bond motifs is 1. The van der Waals surface area contributed by atoms with Gasteiger partial charge in [0.05, 0.1) is 34.9 Å². The first-order valence-electron chi connectivity index (χ1n) is 13.0. The van der Waals surface area contributed by atoms with Crippen LogP contribution in [0.4, 0.5) is 13.2 Å². The Labute approximate surface area is 232 Å². The van der Waals surface area contributed by atoms with Gasteiger partial charge in [-0.1, -0.05) is 18.2 Å². The lowest BCUT2D eigenvalue weighted by molar-refractivity contribution is -0.0589. The van der Waals surface area contributed by atoms with Crippen molar-refractivity contribution in [2.75, 3.05) is 6.61 Å². The average molecular weight is 560 g/mol. The number of pyridine rings is 1. The van der Waals surface area contributed by atoms with Crippen LogP contribution in [0.25, 0.3) is 22.3 Å². The lowest BCUT2D eigenvalue weighted by atomic mass is 10.1. The van der Waals surface area contributed by atoms with Gasteiger partial charge in [0.15, 0.2) is 0 Å². The molecule has 6 rings (SSSR count). The fourth-order valence-corrected chi connectivity index (χ4v) is 4.74. The van der Waals surface area contributed by atoms with E-state index in [-0.39, 0.29) is 36.1 Å². The van der Waals surface area contributed by atoms with E-state index in [2.05, 4.69) is 9.97 Å². The van der Waals surface area contributed by atoms with Crippen molar-refractivity contribution in [3.05, 3.63) is 113 Å². The average Bonchev–Trinajstić information content (AvgIpc) is 3.27. The maximum Gasteiger partial charge on any atom is 0.335 e. The van der Waals surface area contributed by atoms with Crippen LogP contribution >= 0.6 is 0 Å². The van der Waals surface area contributed by atoms with Gasteiger partial charge in [0.25, 0.3) is 0 Å². The number of carboxylic acid groups (broad SMARTS) is 1. The summed E-state index contributed by atoms with van der Waals surface area (Å²) in [7, 11) is 0.